The maximum Gasteiger partial charge on any atom is 0.124 e. The quantitative estimate of drug-likeness (QED) is 0.920. The van der Waals surface area contributed by atoms with Gasteiger partial charge in [-0.25, -0.2) is 0 Å². The van der Waals surface area contributed by atoms with Crippen LogP contribution >= 0.6 is 15.9 Å². The summed E-state index contributed by atoms with van der Waals surface area (Å²) in [4.78, 5) is 0. The van der Waals surface area contributed by atoms with Crippen molar-refractivity contribution >= 4 is 15.9 Å². The first-order chi connectivity index (χ1) is 9.10. The van der Waals surface area contributed by atoms with Crippen molar-refractivity contribution in [3.8, 4) is 5.75 Å². The molecule has 0 bridgehead atoms. The Morgan fingerprint density at radius 3 is 2.53 bits per heavy atom. The van der Waals surface area contributed by atoms with Crippen LogP contribution < -0.4 is 10.5 Å². The van der Waals surface area contributed by atoms with Gasteiger partial charge in [-0.15, -0.1) is 0 Å². The molecule has 0 aliphatic rings. The van der Waals surface area contributed by atoms with Crippen molar-refractivity contribution in [2.75, 3.05) is 0 Å². The van der Waals surface area contributed by atoms with Crippen LogP contribution in [0.25, 0.3) is 0 Å². The third-order valence-corrected chi connectivity index (χ3v) is 3.70. The largest absolute Gasteiger partial charge is 0.489 e. The molecule has 0 aliphatic heterocycles. The first kappa shape index (κ1) is 14.1. The molecule has 100 valence electrons. The second-order valence-electron chi connectivity index (χ2n) is 4.66. The fraction of sp³-hybridized carbons (Fsp3) is 0.250. The Bertz CT molecular complexity index is 581. The molecule has 2 N–H and O–H groups in total. The molecule has 0 aliphatic carbocycles. The standard InChI is InChI=1S/C16H18BrNO/c1-11-3-4-13(7-12(11)2)10-19-16-6-5-15(17)8-14(16)9-18/h3-8H,9-10,18H2,1-2H3. The lowest BCUT2D eigenvalue weighted by Crippen LogP contribution is -2.03. The highest BCUT2D eigenvalue weighted by atomic mass is 79.9. The maximum absolute atomic E-state index is 5.86. The SMILES string of the molecule is Cc1ccc(COc2ccc(Br)cc2CN)cc1C. The van der Waals surface area contributed by atoms with Crippen molar-refractivity contribution in [2.24, 2.45) is 5.73 Å². The molecule has 0 heterocycles. The zero-order chi connectivity index (χ0) is 13.8. The van der Waals surface area contributed by atoms with Gasteiger partial charge in [0.15, 0.2) is 0 Å². The number of hydrogen-bond donors (Lipinski definition) is 1. The summed E-state index contributed by atoms with van der Waals surface area (Å²) >= 11 is 3.44. The molecule has 2 nitrogen and oxygen atoms in total. The van der Waals surface area contributed by atoms with E-state index in [1.165, 1.54) is 16.7 Å². The van der Waals surface area contributed by atoms with Crippen LogP contribution in [0.3, 0.4) is 0 Å². The summed E-state index contributed by atoms with van der Waals surface area (Å²) < 4.78 is 6.88. The summed E-state index contributed by atoms with van der Waals surface area (Å²) in [6, 6.07) is 12.3. The molecule has 3 heteroatoms. The number of benzene rings is 2. The van der Waals surface area contributed by atoms with Gasteiger partial charge in [0.05, 0.1) is 0 Å². The van der Waals surface area contributed by atoms with Gasteiger partial charge in [0.2, 0.25) is 0 Å². The fourth-order valence-corrected chi connectivity index (χ4v) is 2.31. The van der Waals surface area contributed by atoms with E-state index < -0.39 is 0 Å². The van der Waals surface area contributed by atoms with Crippen molar-refractivity contribution in [3.63, 3.8) is 0 Å². The van der Waals surface area contributed by atoms with Crippen molar-refractivity contribution in [3.05, 3.63) is 63.1 Å². The number of halogens is 1. The minimum atomic E-state index is 0.474. The van der Waals surface area contributed by atoms with Crippen molar-refractivity contribution in [1.29, 1.82) is 0 Å². The summed E-state index contributed by atoms with van der Waals surface area (Å²) in [7, 11) is 0. The molecule has 19 heavy (non-hydrogen) atoms. The first-order valence-corrected chi connectivity index (χ1v) is 7.07. The van der Waals surface area contributed by atoms with Crippen LogP contribution in [0.5, 0.6) is 5.75 Å². The molecule has 0 aromatic heterocycles. The van der Waals surface area contributed by atoms with Crippen LogP contribution in [0.4, 0.5) is 0 Å². The molecule has 0 unspecified atom stereocenters. The molecule has 2 aromatic carbocycles. The lowest BCUT2D eigenvalue weighted by molar-refractivity contribution is 0.303. The third-order valence-electron chi connectivity index (χ3n) is 3.21. The normalized spacial score (nSPS) is 10.5. The Hall–Kier alpha value is -1.32. The zero-order valence-electron chi connectivity index (χ0n) is 11.2. The second kappa shape index (κ2) is 6.22. The highest BCUT2D eigenvalue weighted by Crippen LogP contribution is 2.24. The lowest BCUT2D eigenvalue weighted by atomic mass is 10.1. The predicted octanol–water partition coefficient (Wildman–Crippen LogP) is 4.10. The van der Waals surface area contributed by atoms with E-state index in [9.17, 15) is 0 Å². The average molecular weight is 320 g/mol. The van der Waals surface area contributed by atoms with Crippen molar-refractivity contribution in [1.82, 2.24) is 0 Å². The third kappa shape index (κ3) is 3.58. The molecule has 2 aromatic rings. The summed E-state index contributed by atoms with van der Waals surface area (Å²) in [6.07, 6.45) is 0. The molecule has 0 radical (unpaired) electrons. The van der Waals surface area contributed by atoms with E-state index in [1.54, 1.807) is 0 Å². The molecule has 0 saturated heterocycles. The lowest BCUT2D eigenvalue weighted by Gasteiger charge is -2.12. The van der Waals surface area contributed by atoms with E-state index in [0.29, 0.717) is 13.2 Å². The van der Waals surface area contributed by atoms with E-state index in [2.05, 4.69) is 48.0 Å². The van der Waals surface area contributed by atoms with Crippen LogP contribution in [-0.2, 0) is 13.2 Å². The molecule has 0 saturated carbocycles. The maximum atomic E-state index is 5.86. The molecule has 2 rings (SSSR count). The number of aryl methyl sites for hydroxylation is 2. The van der Waals surface area contributed by atoms with Crippen LogP contribution in [0.15, 0.2) is 40.9 Å². The predicted molar refractivity (Wildman–Crippen MR) is 82.3 cm³/mol. The van der Waals surface area contributed by atoms with Gasteiger partial charge in [-0.05, 0) is 48.7 Å². The second-order valence-corrected chi connectivity index (χ2v) is 5.58. The van der Waals surface area contributed by atoms with Gasteiger partial charge in [-0.3, -0.25) is 0 Å². The van der Waals surface area contributed by atoms with Crippen LogP contribution in [0.1, 0.15) is 22.3 Å². The van der Waals surface area contributed by atoms with Crippen molar-refractivity contribution < 1.29 is 4.74 Å². The Morgan fingerprint density at radius 2 is 1.84 bits per heavy atom. The first-order valence-electron chi connectivity index (χ1n) is 6.27. The van der Waals surface area contributed by atoms with Crippen LogP contribution in [-0.4, -0.2) is 0 Å². The molecule has 0 fully saturated rings. The number of nitrogens with two attached hydrogens (primary N) is 1. The van der Waals surface area contributed by atoms with E-state index in [-0.39, 0.29) is 0 Å². The van der Waals surface area contributed by atoms with Gasteiger partial charge in [-0.1, -0.05) is 34.1 Å². The Labute approximate surface area is 122 Å². The Morgan fingerprint density at radius 1 is 1.05 bits per heavy atom. The Balaban J connectivity index is 2.12. The number of rotatable bonds is 4. The molecule has 0 amide bonds. The summed E-state index contributed by atoms with van der Waals surface area (Å²) in [5.41, 5.74) is 10.5. The van der Waals surface area contributed by atoms with Gasteiger partial charge < -0.3 is 10.5 Å². The minimum Gasteiger partial charge on any atom is -0.489 e. The van der Waals surface area contributed by atoms with E-state index in [1.807, 2.05) is 18.2 Å². The number of hydrogen-bond acceptors (Lipinski definition) is 2. The number of ether oxygens (including phenoxy) is 1. The van der Waals surface area contributed by atoms with E-state index >= 15 is 0 Å². The smallest absolute Gasteiger partial charge is 0.124 e. The molecule has 0 spiro atoms. The van der Waals surface area contributed by atoms with Gasteiger partial charge in [0.25, 0.3) is 0 Å². The topological polar surface area (TPSA) is 35.2 Å². The summed E-state index contributed by atoms with van der Waals surface area (Å²) in [5.74, 6) is 0.851. The minimum absolute atomic E-state index is 0.474. The summed E-state index contributed by atoms with van der Waals surface area (Å²) in [6.45, 7) is 5.27. The Kier molecular flexibility index (Phi) is 4.61. The van der Waals surface area contributed by atoms with Gasteiger partial charge >= 0.3 is 0 Å². The molecular formula is C16H18BrNO. The fourth-order valence-electron chi connectivity index (χ4n) is 1.90. The van der Waals surface area contributed by atoms with Gasteiger partial charge in [0.1, 0.15) is 12.4 Å². The van der Waals surface area contributed by atoms with E-state index in [4.69, 9.17) is 10.5 Å². The van der Waals surface area contributed by atoms with Gasteiger partial charge in [-0.2, -0.15) is 0 Å². The van der Waals surface area contributed by atoms with Crippen LogP contribution in [0.2, 0.25) is 0 Å². The molecular weight excluding hydrogens is 302 g/mol. The highest BCUT2D eigenvalue weighted by Gasteiger charge is 2.04. The molecule has 0 atom stereocenters. The monoisotopic (exact) mass is 319 g/mol. The van der Waals surface area contributed by atoms with Gasteiger partial charge in [0, 0.05) is 16.6 Å². The van der Waals surface area contributed by atoms with E-state index in [0.717, 1.165) is 15.8 Å². The highest BCUT2D eigenvalue weighted by molar-refractivity contribution is 9.10. The zero-order valence-corrected chi connectivity index (χ0v) is 12.8. The van der Waals surface area contributed by atoms with Crippen molar-refractivity contribution in [2.45, 2.75) is 27.0 Å². The average Bonchev–Trinajstić information content (AvgIpc) is 2.41. The van der Waals surface area contributed by atoms with Crippen LogP contribution in [0, 0.1) is 13.8 Å². The summed E-state index contributed by atoms with van der Waals surface area (Å²) in [5, 5.41) is 0.